The summed E-state index contributed by atoms with van der Waals surface area (Å²) in [4.78, 5) is 0. The Labute approximate surface area is 116 Å². The van der Waals surface area contributed by atoms with Gasteiger partial charge in [0.2, 0.25) is 0 Å². The van der Waals surface area contributed by atoms with E-state index in [2.05, 4.69) is 40.7 Å². The predicted octanol–water partition coefficient (Wildman–Crippen LogP) is 4.33. The van der Waals surface area contributed by atoms with Crippen molar-refractivity contribution < 1.29 is 0 Å². The van der Waals surface area contributed by atoms with Crippen LogP contribution in [-0.4, -0.2) is 14.8 Å². The maximum absolute atomic E-state index is 6.07. The Bertz CT molecular complexity index is 717. The van der Waals surface area contributed by atoms with E-state index in [0.29, 0.717) is 6.04 Å². The first-order valence-electron chi connectivity index (χ1n) is 6.24. The molecule has 0 spiro atoms. The van der Waals surface area contributed by atoms with Crippen molar-refractivity contribution in [1.29, 1.82) is 0 Å². The summed E-state index contributed by atoms with van der Waals surface area (Å²) in [6.45, 7) is 4.35. The fourth-order valence-corrected chi connectivity index (χ4v) is 2.61. The van der Waals surface area contributed by atoms with Crippen LogP contribution >= 0.6 is 11.6 Å². The van der Waals surface area contributed by atoms with E-state index in [1.54, 1.807) is 12.4 Å². The number of hydrogen-bond donors (Lipinski definition) is 0. The van der Waals surface area contributed by atoms with Crippen LogP contribution in [0.15, 0.2) is 42.7 Å². The maximum Gasteiger partial charge on any atom is 0.0589 e. The summed E-state index contributed by atoms with van der Waals surface area (Å²) in [5, 5.41) is 9.70. The molecule has 2 heterocycles. The zero-order chi connectivity index (χ0) is 13.4. The molecular weight excluding hydrogens is 258 g/mol. The molecule has 0 aliphatic heterocycles. The lowest BCUT2D eigenvalue weighted by Gasteiger charge is -2.14. The lowest BCUT2D eigenvalue weighted by atomic mass is 10.2. The molecule has 3 nitrogen and oxygen atoms in total. The fraction of sp³-hybridized carbons (Fsp3) is 0.200. The lowest BCUT2D eigenvalue weighted by molar-refractivity contribution is 0.628. The minimum atomic E-state index is 0.363. The first-order valence-corrected chi connectivity index (χ1v) is 6.62. The first-order chi connectivity index (χ1) is 9.16. The highest BCUT2D eigenvalue weighted by molar-refractivity contribution is 6.31. The molecule has 0 aliphatic rings. The summed E-state index contributed by atoms with van der Waals surface area (Å²) in [5.41, 5.74) is 3.39. The van der Waals surface area contributed by atoms with E-state index in [0.717, 1.165) is 21.7 Å². The van der Waals surface area contributed by atoms with E-state index in [4.69, 9.17) is 11.6 Å². The standard InChI is InChI=1S/C15H14ClN3/c1-10(2)19-14-4-3-13(16)7-12(14)8-15(19)11-5-6-17-18-9-11/h3-10H,1-2H3. The van der Waals surface area contributed by atoms with Crippen LogP contribution < -0.4 is 0 Å². The van der Waals surface area contributed by atoms with Crippen LogP contribution in [0.2, 0.25) is 5.02 Å². The van der Waals surface area contributed by atoms with Gasteiger partial charge in [-0.2, -0.15) is 10.2 Å². The molecule has 0 aliphatic carbocycles. The molecule has 4 heteroatoms. The molecule has 3 aromatic rings. The van der Waals surface area contributed by atoms with Crippen LogP contribution in [0.1, 0.15) is 19.9 Å². The molecule has 0 radical (unpaired) electrons. The van der Waals surface area contributed by atoms with E-state index in [1.165, 1.54) is 5.52 Å². The van der Waals surface area contributed by atoms with Crippen LogP contribution in [-0.2, 0) is 0 Å². The van der Waals surface area contributed by atoms with Crippen LogP contribution in [0.25, 0.3) is 22.2 Å². The zero-order valence-electron chi connectivity index (χ0n) is 10.8. The third kappa shape index (κ3) is 2.10. The number of rotatable bonds is 2. The Kier molecular flexibility index (Phi) is 2.99. The second kappa shape index (κ2) is 4.67. The van der Waals surface area contributed by atoms with Gasteiger partial charge in [0, 0.05) is 27.5 Å². The molecule has 0 amide bonds. The van der Waals surface area contributed by atoms with Gasteiger partial charge in [-0.05, 0) is 44.2 Å². The highest BCUT2D eigenvalue weighted by Crippen LogP contribution is 2.32. The molecule has 0 bridgehead atoms. The molecule has 0 saturated heterocycles. The summed E-state index contributed by atoms with van der Waals surface area (Å²) in [6.07, 6.45) is 3.50. The minimum absolute atomic E-state index is 0.363. The van der Waals surface area contributed by atoms with E-state index in [1.807, 2.05) is 18.2 Å². The molecule has 96 valence electrons. The van der Waals surface area contributed by atoms with E-state index in [9.17, 15) is 0 Å². The smallest absolute Gasteiger partial charge is 0.0589 e. The van der Waals surface area contributed by atoms with Gasteiger partial charge >= 0.3 is 0 Å². The summed E-state index contributed by atoms with van der Waals surface area (Å²) in [5.74, 6) is 0. The molecule has 0 fully saturated rings. The van der Waals surface area contributed by atoms with Gasteiger partial charge in [0.25, 0.3) is 0 Å². The largest absolute Gasteiger partial charge is 0.338 e. The van der Waals surface area contributed by atoms with Crippen molar-refractivity contribution in [3.05, 3.63) is 47.7 Å². The Morgan fingerprint density at radius 1 is 1.11 bits per heavy atom. The van der Waals surface area contributed by atoms with Crippen molar-refractivity contribution in [2.24, 2.45) is 0 Å². The van der Waals surface area contributed by atoms with Gasteiger partial charge in [0.1, 0.15) is 0 Å². The Balaban J connectivity index is 2.32. The molecule has 0 unspecified atom stereocenters. The second-order valence-electron chi connectivity index (χ2n) is 4.83. The van der Waals surface area contributed by atoms with Crippen molar-refractivity contribution >= 4 is 22.5 Å². The average Bonchev–Trinajstić information content (AvgIpc) is 2.78. The molecule has 0 atom stereocenters. The third-order valence-corrected chi connectivity index (χ3v) is 3.43. The monoisotopic (exact) mass is 271 g/mol. The minimum Gasteiger partial charge on any atom is -0.338 e. The van der Waals surface area contributed by atoms with E-state index in [-0.39, 0.29) is 0 Å². The van der Waals surface area contributed by atoms with Crippen LogP contribution in [0, 0.1) is 0 Å². The molecule has 0 saturated carbocycles. The Hall–Kier alpha value is -1.87. The number of nitrogens with zero attached hydrogens (tertiary/aromatic N) is 3. The lowest BCUT2D eigenvalue weighted by Crippen LogP contribution is -2.02. The summed E-state index contributed by atoms with van der Waals surface area (Å²) in [7, 11) is 0. The molecule has 3 rings (SSSR count). The summed E-state index contributed by atoms with van der Waals surface area (Å²) < 4.78 is 2.29. The predicted molar refractivity (Wildman–Crippen MR) is 78.4 cm³/mol. The van der Waals surface area contributed by atoms with E-state index < -0.39 is 0 Å². The average molecular weight is 272 g/mol. The van der Waals surface area contributed by atoms with Gasteiger partial charge in [-0.3, -0.25) is 0 Å². The zero-order valence-corrected chi connectivity index (χ0v) is 11.6. The summed E-state index contributed by atoms with van der Waals surface area (Å²) >= 11 is 6.07. The first kappa shape index (κ1) is 12.2. The third-order valence-electron chi connectivity index (χ3n) is 3.20. The van der Waals surface area contributed by atoms with Crippen molar-refractivity contribution in [3.63, 3.8) is 0 Å². The van der Waals surface area contributed by atoms with Gasteiger partial charge in [0.05, 0.1) is 18.1 Å². The van der Waals surface area contributed by atoms with Crippen molar-refractivity contribution in [1.82, 2.24) is 14.8 Å². The van der Waals surface area contributed by atoms with Gasteiger partial charge in [-0.25, -0.2) is 0 Å². The quantitative estimate of drug-likeness (QED) is 0.694. The number of aromatic nitrogens is 3. The van der Waals surface area contributed by atoms with Gasteiger partial charge in [0.15, 0.2) is 0 Å². The molecular formula is C15H14ClN3. The highest BCUT2D eigenvalue weighted by atomic mass is 35.5. The molecule has 2 aromatic heterocycles. The van der Waals surface area contributed by atoms with E-state index >= 15 is 0 Å². The van der Waals surface area contributed by atoms with Gasteiger partial charge < -0.3 is 4.57 Å². The number of halogens is 1. The number of benzene rings is 1. The van der Waals surface area contributed by atoms with Gasteiger partial charge in [-0.15, -0.1) is 0 Å². The van der Waals surface area contributed by atoms with Crippen LogP contribution in [0.3, 0.4) is 0 Å². The number of hydrogen-bond acceptors (Lipinski definition) is 2. The second-order valence-corrected chi connectivity index (χ2v) is 5.26. The van der Waals surface area contributed by atoms with Crippen molar-refractivity contribution in [2.45, 2.75) is 19.9 Å². The van der Waals surface area contributed by atoms with Crippen LogP contribution in [0.4, 0.5) is 0 Å². The topological polar surface area (TPSA) is 30.7 Å². The Morgan fingerprint density at radius 3 is 2.63 bits per heavy atom. The van der Waals surface area contributed by atoms with Crippen molar-refractivity contribution in [2.75, 3.05) is 0 Å². The van der Waals surface area contributed by atoms with Crippen molar-refractivity contribution in [3.8, 4) is 11.3 Å². The van der Waals surface area contributed by atoms with Gasteiger partial charge in [-0.1, -0.05) is 11.6 Å². The maximum atomic E-state index is 6.07. The molecule has 19 heavy (non-hydrogen) atoms. The SMILES string of the molecule is CC(C)n1c(-c2ccnnc2)cc2cc(Cl)ccc21. The normalized spacial score (nSPS) is 11.4. The Morgan fingerprint density at radius 2 is 1.95 bits per heavy atom. The van der Waals surface area contributed by atoms with Crippen LogP contribution in [0.5, 0.6) is 0 Å². The number of fused-ring (bicyclic) bond motifs is 1. The molecule has 1 aromatic carbocycles. The fourth-order valence-electron chi connectivity index (χ4n) is 2.43. The highest BCUT2D eigenvalue weighted by Gasteiger charge is 2.13. The summed E-state index contributed by atoms with van der Waals surface area (Å²) in [6, 6.07) is 10.5. The molecule has 0 N–H and O–H groups in total.